The van der Waals surface area contributed by atoms with E-state index in [-0.39, 0.29) is 17.1 Å². The van der Waals surface area contributed by atoms with E-state index in [1.807, 2.05) is 0 Å². The van der Waals surface area contributed by atoms with E-state index in [9.17, 15) is 9.59 Å². The molecule has 0 atom stereocenters. The van der Waals surface area contributed by atoms with Gasteiger partial charge in [-0.25, -0.2) is 9.59 Å². The predicted molar refractivity (Wildman–Crippen MR) is 81.7 cm³/mol. The molecule has 0 saturated heterocycles. The van der Waals surface area contributed by atoms with E-state index in [1.54, 1.807) is 45.1 Å². The van der Waals surface area contributed by atoms with Gasteiger partial charge in [-0.2, -0.15) is 0 Å². The van der Waals surface area contributed by atoms with Gasteiger partial charge in [-0.05, 0) is 32.4 Å². The van der Waals surface area contributed by atoms with Gasteiger partial charge in [0.25, 0.3) is 0 Å². The van der Waals surface area contributed by atoms with E-state index in [0.29, 0.717) is 5.56 Å². The van der Waals surface area contributed by atoms with Crippen molar-refractivity contribution in [1.29, 1.82) is 0 Å². The zero-order chi connectivity index (χ0) is 16.0. The first kappa shape index (κ1) is 17.0. The molecule has 0 bridgehead atoms. The van der Waals surface area contributed by atoms with E-state index < -0.39 is 17.7 Å². The van der Waals surface area contributed by atoms with E-state index in [2.05, 4.69) is 5.32 Å². The van der Waals surface area contributed by atoms with Crippen molar-refractivity contribution in [3.05, 3.63) is 40.4 Å². The minimum absolute atomic E-state index is 0.0349. The van der Waals surface area contributed by atoms with Gasteiger partial charge in [-0.1, -0.05) is 35.9 Å². The number of ether oxygens (including phenoxy) is 1. The Morgan fingerprint density at radius 1 is 1.38 bits per heavy atom. The lowest BCUT2D eigenvalue weighted by Gasteiger charge is -2.19. The van der Waals surface area contributed by atoms with Crippen molar-refractivity contribution < 1.29 is 19.4 Å². The number of carboxylic acid groups (broad SMARTS) is 1. The lowest BCUT2D eigenvalue weighted by molar-refractivity contribution is 0.0533. The Hall–Kier alpha value is -2.01. The molecule has 0 saturated carbocycles. The molecule has 6 heteroatoms. The van der Waals surface area contributed by atoms with Crippen LogP contribution in [0.5, 0.6) is 0 Å². The number of carbonyl (C=O) groups is 2. The number of amides is 1. The average Bonchev–Trinajstić information content (AvgIpc) is 2.32. The third kappa shape index (κ3) is 5.87. The fraction of sp³-hybridized carbons (Fsp3) is 0.333. The summed E-state index contributed by atoms with van der Waals surface area (Å²) in [7, 11) is 0. The van der Waals surface area contributed by atoms with E-state index in [1.165, 1.54) is 6.07 Å². The van der Waals surface area contributed by atoms with Crippen molar-refractivity contribution in [2.45, 2.75) is 26.4 Å². The maximum Gasteiger partial charge on any atom is 0.407 e. The Labute approximate surface area is 128 Å². The van der Waals surface area contributed by atoms with Crippen LogP contribution in [0.15, 0.2) is 24.3 Å². The highest BCUT2D eigenvalue weighted by molar-refractivity contribution is 6.33. The number of rotatable bonds is 4. The number of hydrogen-bond donors (Lipinski definition) is 2. The van der Waals surface area contributed by atoms with Crippen molar-refractivity contribution >= 4 is 29.7 Å². The Kier molecular flexibility index (Phi) is 5.79. The summed E-state index contributed by atoms with van der Waals surface area (Å²) in [4.78, 5) is 22.5. The number of carbonyl (C=O) groups excluding carboxylic acids is 1. The molecule has 0 heterocycles. The van der Waals surface area contributed by atoms with Gasteiger partial charge in [0, 0.05) is 6.54 Å². The lowest BCUT2D eigenvalue weighted by atomic mass is 10.1. The third-order valence-electron chi connectivity index (χ3n) is 2.32. The SMILES string of the molecule is CC(C)(C)OC(=O)NCC=Cc1cccc(Cl)c1C(=O)O. The Morgan fingerprint density at radius 3 is 2.62 bits per heavy atom. The molecule has 0 fully saturated rings. The minimum atomic E-state index is -1.10. The summed E-state index contributed by atoms with van der Waals surface area (Å²) in [5.74, 6) is -1.10. The summed E-state index contributed by atoms with van der Waals surface area (Å²) < 4.78 is 5.07. The molecule has 1 aromatic rings. The normalized spacial score (nSPS) is 11.4. The molecule has 1 amide bonds. The fourth-order valence-electron chi connectivity index (χ4n) is 1.55. The van der Waals surface area contributed by atoms with Gasteiger partial charge in [0.15, 0.2) is 0 Å². The monoisotopic (exact) mass is 311 g/mol. The summed E-state index contributed by atoms with van der Waals surface area (Å²) in [6, 6.07) is 4.82. The van der Waals surface area contributed by atoms with Crippen molar-refractivity contribution in [1.82, 2.24) is 5.32 Å². The first-order valence-electron chi connectivity index (χ1n) is 6.36. The molecule has 0 unspecified atom stereocenters. The molecule has 1 rings (SSSR count). The van der Waals surface area contributed by atoms with Crippen LogP contribution in [0, 0.1) is 0 Å². The maximum atomic E-state index is 11.4. The molecule has 114 valence electrons. The molecule has 0 aliphatic carbocycles. The highest BCUT2D eigenvalue weighted by Crippen LogP contribution is 2.21. The second kappa shape index (κ2) is 7.13. The van der Waals surface area contributed by atoms with E-state index in [0.717, 1.165) is 0 Å². The van der Waals surface area contributed by atoms with Crippen LogP contribution in [-0.2, 0) is 4.74 Å². The smallest absolute Gasteiger partial charge is 0.407 e. The maximum absolute atomic E-state index is 11.4. The van der Waals surface area contributed by atoms with E-state index >= 15 is 0 Å². The first-order valence-corrected chi connectivity index (χ1v) is 6.73. The van der Waals surface area contributed by atoms with E-state index in [4.69, 9.17) is 21.4 Å². The zero-order valence-corrected chi connectivity index (χ0v) is 12.9. The number of alkyl carbamates (subject to hydrolysis) is 1. The molecule has 0 spiro atoms. The second-order valence-electron chi connectivity index (χ2n) is 5.29. The summed E-state index contributed by atoms with van der Waals surface area (Å²) in [6.07, 6.45) is 2.69. The molecule has 1 aromatic carbocycles. The van der Waals surface area contributed by atoms with Gasteiger partial charge in [-0.3, -0.25) is 0 Å². The molecule has 0 aliphatic heterocycles. The number of aromatic carboxylic acids is 1. The van der Waals surface area contributed by atoms with Gasteiger partial charge < -0.3 is 15.2 Å². The van der Waals surface area contributed by atoms with Gasteiger partial charge in [-0.15, -0.1) is 0 Å². The molecule has 2 N–H and O–H groups in total. The number of nitrogens with one attached hydrogen (secondary N) is 1. The first-order chi connectivity index (χ1) is 9.70. The van der Waals surface area contributed by atoms with Crippen LogP contribution in [0.25, 0.3) is 6.08 Å². The van der Waals surface area contributed by atoms with Crippen molar-refractivity contribution in [2.24, 2.45) is 0 Å². The van der Waals surface area contributed by atoms with Crippen LogP contribution in [0.4, 0.5) is 4.79 Å². The number of carboxylic acids is 1. The molecular formula is C15H18ClNO4. The molecule has 21 heavy (non-hydrogen) atoms. The van der Waals surface area contributed by atoms with Crippen LogP contribution >= 0.6 is 11.6 Å². The van der Waals surface area contributed by atoms with Gasteiger partial charge in [0.2, 0.25) is 0 Å². The van der Waals surface area contributed by atoms with Crippen molar-refractivity contribution in [3.63, 3.8) is 0 Å². The van der Waals surface area contributed by atoms with Crippen molar-refractivity contribution in [3.8, 4) is 0 Å². The molecule has 0 aliphatic rings. The van der Waals surface area contributed by atoms with Crippen LogP contribution in [-0.4, -0.2) is 29.3 Å². The second-order valence-corrected chi connectivity index (χ2v) is 5.70. The Morgan fingerprint density at radius 2 is 2.05 bits per heavy atom. The largest absolute Gasteiger partial charge is 0.478 e. The summed E-state index contributed by atoms with van der Waals surface area (Å²) >= 11 is 5.86. The summed E-state index contributed by atoms with van der Waals surface area (Å²) in [6.45, 7) is 5.54. The van der Waals surface area contributed by atoms with Crippen molar-refractivity contribution in [2.75, 3.05) is 6.54 Å². The quantitative estimate of drug-likeness (QED) is 0.891. The molecular weight excluding hydrogens is 294 g/mol. The van der Waals surface area contributed by atoms with Crippen LogP contribution < -0.4 is 5.32 Å². The third-order valence-corrected chi connectivity index (χ3v) is 2.64. The highest BCUT2D eigenvalue weighted by Gasteiger charge is 2.15. The topological polar surface area (TPSA) is 75.6 Å². The fourth-order valence-corrected chi connectivity index (χ4v) is 1.81. The summed E-state index contributed by atoms with van der Waals surface area (Å²) in [5.41, 5.74) is -0.0503. The Balaban J connectivity index is 2.65. The molecule has 0 aromatic heterocycles. The number of benzene rings is 1. The highest BCUT2D eigenvalue weighted by atomic mass is 35.5. The lowest BCUT2D eigenvalue weighted by Crippen LogP contribution is -2.32. The standard InChI is InChI=1S/C15H18ClNO4/c1-15(2,3)21-14(20)17-9-5-7-10-6-4-8-11(16)12(10)13(18)19/h4-8H,9H2,1-3H3,(H,17,20)(H,18,19). The van der Waals surface area contributed by atoms with Gasteiger partial charge in [0.05, 0.1) is 10.6 Å². The minimum Gasteiger partial charge on any atom is -0.478 e. The number of halogens is 1. The van der Waals surface area contributed by atoms with Crippen LogP contribution in [0.3, 0.4) is 0 Å². The summed E-state index contributed by atoms with van der Waals surface area (Å²) in [5, 5.41) is 11.8. The zero-order valence-electron chi connectivity index (χ0n) is 12.1. The Bertz CT molecular complexity index is 561. The van der Waals surface area contributed by atoms with Gasteiger partial charge in [0.1, 0.15) is 5.60 Å². The molecule has 0 radical (unpaired) electrons. The molecule has 5 nitrogen and oxygen atoms in total. The average molecular weight is 312 g/mol. The number of hydrogen-bond acceptors (Lipinski definition) is 3. The predicted octanol–water partition coefficient (Wildman–Crippen LogP) is 3.58. The van der Waals surface area contributed by atoms with Crippen LogP contribution in [0.1, 0.15) is 36.7 Å². The van der Waals surface area contributed by atoms with Crippen LogP contribution in [0.2, 0.25) is 5.02 Å². The van der Waals surface area contributed by atoms with Gasteiger partial charge >= 0.3 is 12.1 Å².